The number of aromatic nitrogens is 2. The zero-order valence-corrected chi connectivity index (χ0v) is 7.68. The fraction of sp³-hybridized carbons (Fsp3) is 0.667. The smallest absolute Gasteiger partial charge is 0.0923 e. The normalized spacial score (nSPS) is 14.9. The van der Waals surface area contributed by atoms with Gasteiger partial charge in [0.2, 0.25) is 0 Å². The lowest BCUT2D eigenvalue weighted by Crippen LogP contribution is -2.15. The van der Waals surface area contributed by atoms with Gasteiger partial charge in [-0.25, -0.2) is 4.98 Å². The summed E-state index contributed by atoms with van der Waals surface area (Å²) in [5.74, 6) is 0.508. The quantitative estimate of drug-likeness (QED) is 0.658. The summed E-state index contributed by atoms with van der Waals surface area (Å²) in [5.41, 5.74) is 1.45. The van der Waals surface area contributed by atoms with Crippen LogP contribution in [-0.4, -0.2) is 9.97 Å². The Hall–Kier alpha value is -0.790. The molecule has 0 radical (unpaired) electrons. The number of hydrogen-bond donors (Lipinski definition) is 1. The molecule has 0 fully saturated rings. The Labute approximate surface area is 68.0 Å². The first-order valence-electron chi connectivity index (χ1n) is 4.00. The van der Waals surface area contributed by atoms with Crippen molar-refractivity contribution in [3.8, 4) is 0 Å². The van der Waals surface area contributed by atoms with Gasteiger partial charge in [-0.05, 0) is 5.41 Å². The third-order valence-corrected chi connectivity index (χ3v) is 2.26. The predicted molar refractivity (Wildman–Crippen MR) is 46.5 cm³/mol. The number of aromatic amines is 1. The Morgan fingerprint density at radius 3 is 2.45 bits per heavy atom. The molecule has 2 nitrogen and oxygen atoms in total. The molecule has 0 aliphatic heterocycles. The van der Waals surface area contributed by atoms with E-state index in [1.165, 1.54) is 0 Å². The number of nitrogens with one attached hydrogen (secondary N) is 1. The number of imidazole rings is 1. The number of rotatable bonds is 1. The lowest BCUT2D eigenvalue weighted by molar-refractivity contribution is 0.335. The van der Waals surface area contributed by atoms with E-state index in [2.05, 4.69) is 37.7 Å². The molecule has 0 amide bonds. The van der Waals surface area contributed by atoms with Crippen LogP contribution >= 0.6 is 0 Å². The number of nitrogens with zero attached hydrogens (tertiary/aromatic N) is 1. The van der Waals surface area contributed by atoms with Crippen molar-refractivity contribution < 1.29 is 0 Å². The summed E-state index contributed by atoms with van der Waals surface area (Å²) < 4.78 is 0. The van der Waals surface area contributed by atoms with Crippen molar-refractivity contribution in [2.45, 2.75) is 33.6 Å². The molecule has 1 rings (SSSR count). The highest BCUT2D eigenvalue weighted by atomic mass is 14.9. The minimum Gasteiger partial charge on any atom is -0.351 e. The van der Waals surface area contributed by atoms with E-state index in [-0.39, 0.29) is 0 Å². The van der Waals surface area contributed by atoms with E-state index >= 15 is 0 Å². The Morgan fingerprint density at radius 2 is 2.09 bits per heavy atom. The second kappa shape index (κ2) is 2.68. The van der Waals surface area contributed by atoms with Crippen LogP contribution in [0, 0.1) is 5.41 Å². The zero-order chi connectivity index (χ0) is 8.48. The van der Waals surface area contributed by atoms with Crippen LogP contribution < -0.4 is 0 Å². The third-order valence-electron chi connectivity index (χ3n) is 2.26. The second-order valence-corrected chi connectivity index (χ2v) is 4.08. The Kier molecular flexibility index (Phi) is 2.03. The molecule has 0 aliphatic rings. The lowest BCUT2D eigenvalue weighted by atomic mass is 9.80. The third kappa shape index (κ3) is 1.82. The van der Waals surface area contributed by atoms with Crippen molar-refractivity contribution in [1.29, 1.82) is 0 Å². The van der Waals surface area contributed by atoms with E-state index in [1.54, 1.807) is 6.33 Å². The van der Waals surface area contributed by atoms with E-state index < -0.39 is 0 Å². The molecule has 1 N–H and O–H groups in total. The first kappa shape index (κ1) is 8.31. The largest absolute Gasteiger partial charge is 0.351 e. The summed E-state index contributed by atoms with van der Waals surface area (Å²) in [7, 11) is 0. The second-order valence-electron chi connectivity index (χ2n) is 4.08. The van der Waals surface area contributed by atoms with Crippen LogP contribution in [0.5, 0.6) is 0 Å². The molecule has 1 unspecified atom stereocenters. The Bertz CT molecular complexity index is 206. The maximum absolute atomic E-state index is 4.23. The molecular weight excluding hydrogens is 136 g/mol. The molecule has 1 aromatic rings. The van der Waals surface area contributed by atoms with Gasteiger partial charge in [-0.2, -0.15) is 0 Å². The van der Waals surface area contributed by atoms with Crippen molar-refractivity contribution in [3.05, 3.63) is 18.2 Å². The van der Waals surface area contributed by atoms with Crippen LogP contribution in [0.4, 0.5) is 0 Å². The summed E-state index contributed by atoms with van der Waals surface area (Å²) >= 11 is 0. The highest BCUT2D eigenvalue weighted by Gasteiger charge is 2.22. The van der Waals surface area contributed by atoms with Gasteiger partial charge < -0.3 is 4.98 Å². The molecule has 11 heavy (non-hydrogen) atoms. The van der Waals surface area contributed by atoms with Crippen LogP contribution in [0.15, 0.2) is 12.5 Å². The highest BCUT2D eigenvalue weighted by molar-refractivity contribution is 5.05. The van der Waals surface area contributed by atoms with E-state index in [0.29, 0.717) is 11.3 Å². The van der Waals surface area contributed by atoms with Gasteiger partial charge in [-0.1, -0.05) is 27.7 Å². The van der Waals surface area contributed by atoms with Gasteiger partial charge in [0.05, 0.1) is 12.0 Å². The van der Waals surface area contributed by atoms with Crippen molar-refractivity contribution >= 4 is 0 Å². The van der Waals surface area contributed by atoms with Gasteiger partial charge in [0, 0.05) is 12.1 Å². The summed E-state index contributed by atoms with van der Waals surface area (Å²) in [6, 6.07) is 0. The van der Waals surface area contributed by atoms with E-state index in [9.17, 15) is 0 Å². The predicted octanol–water partition coefficient (Wildman–Crippen LogP) is 2.56. The number of H-pyrrole nitrogens is 1. The van der Waals surface area contributed by atoms with Crippen molar-refractivity contribution in [3.63, 3.8) is 0 Å². The molecule has 0 bridgehead atoms. The van der Waals surface area contributed by atoms with Crippen LogP contribution in [0.2, 0.25) is 0 Å². The standard InChI is InChI=1S/C9H16N2/c1-7(9(2,3)4)8-5-10-6-11-8/h5-7H,1-4H3,(H,10,11). The van der Waals surface area contributed by atoms with E-state index in [0.717, 1.165) is 5.69 Å². The van der Waals surface area contributed by atoms with Gasteiger partial charge in [-0.15, -0.1) is 0 Å². The molecule has 2 heteroatoms. The lowest BCUT2D eigenvalue weighted by Gasteiger charge is -2.25. The van der Waals surface area contributed by atoms with Crippen molar-refractivity contribution in [1.82, 2.24) is 9.97 Å². The average Bonchev–Trinajstić information content (AvgIpc) is 2.34. The van der Waals surface area contributed by atoms with Gasteiger partial charge in [0.15, 0.2) is 0 Å². The summed E-state index contributed by atoms with van der Waals surface area (Å²) in [6.07, 6.45) is 3.70. The average molecular weight is 152 g/mol. The van der Waals surface area contributed by atoms with Crippen LogP contribution in [0.25, 0.3) is 0 Å². The molecule has 1 atom stereocenters. The minimum absolute atomic E-state index is 0.301. The van der Waals surface area contributed by atoms with Gasteiger partial charge >= 0.3 is 0 Å². The van der Waals surface area contributed by atoms with Gasteiger partial charge in [0.25, 0.3) is 0 Å². The summed E-state index contributed by atoms with van der Waals surface area (Å²) in [4.78, 5) is 7.20. The topological polar surface area (TPSA) is 28.7 Å². The molecule has 0 spiro atoms. The maximum Gasteiger partial charge on any atom is 0.0923 e. The van der Waals surface area contributed by atoms with Crippen LogP contribution in [-0.2, 0) is 0 Å². The molecule has 0 saturated carbocycles. The first-order valence-corrected chi connectivity index (χ1v) is 4.00. The molecule has 1 aromatic heterocycles. The van der Waals surface area contributed by atoms with E-state index in [1.807, 2.05) is 6.20 Å². The van der Waals surface area contributed by atoms with Crippen molar-refractivity contribution in [2.24, 2.45) is 5.41 Å². The van der Waals surface area contributed by atoms with Gasteiger partial charge in [0.1, 0.15) is 0 Å². The molecular formula is C9H16N2. The SMILES string of the molecule is CC(c1c[nH]cn1)C(C)(C)C. The monoisotopic (exact) mass is 152 g/mol. The van der Waals surface area contributed by atoms with E-state index in [4.69, 9.17) is 0 Å². The maximum atomic E-state index is 4.23. The van der Waals surface area contributed by atoms with Crippen molar-refractivity contribution in [2.75, 3.05) is 0 Å². The van der Waals surface area contributed by atoms with Crippen LogP contribution in [0.3, 0.4) is 0 Å². The fourth-order valence-electron chi connectivity index (χ4n) is 0.952. The molecule has 0 aromatic carbocycles. The first-order chi connectivity index (χ1) is 5.02. The zero-order valence-electron chi connectivity index (χ0n) is 7.68. The minimum atomic E-state index is 0.301. The highest BCUT2D eigenvalue weighted by Crippen LogP contribution is 2.32. The Balaban J connectivity index is 2.78. The molecule has 62 valence electrons. The summed E-state index contributed by atoms with van der Waals surface area (Å²) in [6.45, 7) is 8.89. The molecule has 1 heterocycles. The fourth-order valence-corrected chi connectivity index (χ4v) is 0.952. The summed E-state index contributed by atoms with van der Waals surface area (Å²) in [5, 5.41) is 0. The Morgan fingerprint density at radius 1 is 1.45 bits per heavy atom. The number of hydrogen-bond acceptors (Lipinski definition) is 1. The molecule has 0 aliphatic carbocycles. The van der Waals surface area contributed by atoms with Crippen LogP contribution in [0.1, 0.15) is 39.3 Å². The molecule has 0 saturated heterocycles. The van der Waals surface area contributed by atoms with Gasteiger partial charge in [-0.3, -0.25) is 0 Å².